The molecule has 1 saturated heterocycles. The SMILES string of the molecule is COc1cc(CCCCO[C@@H]2CCN([C@@H](C(=O)O)c3cc(F)cc4c3CC(C(C)(C)OC)OC4)C2)nc2c1CCCN2. The summed E-state index contributed by atoms with van der Waals surface area (Å²) in [6.07, 6.45) is 5.57. The van der Waals surface area contributed by atoms with E-state index in [0.717, 1.165) is 73.5 Å². The topological polar surface area (TPSA) is 102 Å². The van der Waals surface area contributed by atoms with Gasteiger partial charge in [0.25, 0.3) is 0 Å². The summed E-state index contributed by atoms with van der Waals surface area (Å²) in [7, 11) is 3.34. The molecule has 42 heavy (non-hydrogen) atoms. The Balaban J connectivity index is 1.17. The van der Waals surface area contributed by atoms with E-state index < -0.39 is 23.4 Å². The molecule has 0 aliphatic carbocycles. The van der Waals surface area contributed by atoms with E-state index in [0.29, 0.717) is 37.2 Å². The van der Waals surface area contributed by atoms with Gasteiger partial charge in [-0.25, -0.2) is 9.37 Å². The maximum atomic E-state index is 14.7. The number of hydrogen-bond donors (Lipinski definition) is 2. The van der Waals surface area contributed by atoms with Crippen molar-refractivity contribution in [3.8, 4) is 5.75 Å². The molecule has 2 aromatic rings. The summed E-state index contributed by atoms with van der Waals surface area (Å²) < 4.78 is 38.1. The molecule has 10 heteroatoms. The minimum atomic E-state index is -0.986. The highest BCUT2D eigenvalue weighted by atomic mass is 19.1. The summed E-state index contributed by atoms with van der Waals surface area (Å²) in [6, 6.07) is 3.93. The summed E-state index contributed by atoms with van der Waals surface area (Å²) in [5, 5.41) is 13.7. The second-order valence-electron chi connectivity index (χ2n) is 12.1. The van der Waals surface area contributed by atoms with Crippen LogP contribution in [0.5, 0.6) is 5.75 Å². The number of carbonyl (C=O) groups is 1. The molecule has 0 spiro atoms. The molecule has 1 aromatic heterocycles. The third-order valence-electron chi connectivity index (χ3n) is 8.98. The third-order valence-corrected chi connectivity index (χ3v) is 8.98. The fraction of sp³-hybridized carbons (Fsp3) is 0.625. The number of aliphatic carboxylic acids is 1. The number of halogens is 1. The molecule has 9 nitrogen and oxygen atoms in total. The highest BCUT2D eigenvalue weighted by Crippen LogP contribution is 2.37. The molecule has 3 aliphatic heterocycles. The number of anilines is 1. The van der Waals surface area contributed by atoms with Crippen LogP contribution in [0.1, 0.15) is 73.5 Å². The second-order valence-corrected chi connectivity index (χ2v) is 12.1. The van der Waals surface area contributed by atoms with Crippen molar-refractivity contribution in [1.82, 2.24) is 9.88 Å². The van der Waals surface area contributed by atoms with Crippen LogP contribution in [0.15, 0.2) is 18.2 Å². The van der Waals surface area contributed by atoms with Crippen LogP contribution in [0, 0.1) is 5.82 Å². The fourth-order valence-electron chi connectivity index (χ4n) is 6.39. The Morgan fingerprint density at radius 3 is 2.86 bits per heavy atom. The van der Waals surface area contributed by atoms with Gasteiger partial charge in [-0.1, -0.05) is 0 Å². The number of ether oxygens (including phenoxy) is 4. The zero-order valence-electron chi connectivity index (χ0n) is 25.2. The van der Waals surface area contributed by atoms with E-state index in [2.05, 4.69) is 5.32 Å². The number of methoxy groups -OCH3 is 2. The average Bonchev–Trinajstić information content (AvgIpc) is 3.44. The lowest BCUT2D eigenvalue weighted by Crippen LogP contribution is -2.44. The predicted octanol–water partition coefficient (Wildman–Crippen LogP) is 4.69. The molecule has 1 fully saturated rings. The van der Waals surface area contributed by atoms with Gasteiger partial charge in [0.05, 0.1) is 31.5 Å². The van der Waals surface area contributed by atoms with Crippen LogP contribution in [-0.2, 0) is 44.9 Å². The Labute approximate surface area is 247 Å². The highest BCUT2D eigenvalue weighted by Gasteiger charge is 2.40. The van der Waals surface area contributed by atoms with Gasteiger partial charge in [0, 0.05) is 57.1 Å². The van der Waals surface area contributed by atoms with E-state index in [1.54, 1.807) is 14.2 Å². The lowest BCUT2D eigenvalue weighted by atomic mass is 9.85. The largest absolute Gasteiger partial charge is 0.496 e. The van der Waals surface area contributed by atoms with E-state index in [9.17, 15) is 14.3 Å². The summed E-state index contributed by atoms with van der Waals surface area (Å²) in [4.78, 5) is 19.3. The predicted molar refractivity (Wildman–Crippen MR) is 157 cm³/mol. The van der Waals surface area contributed by atoms with Crippen molar-refractivity contribution in [2.24, 2.45) is 0 Å². The standard InChI is InChI=1S/C32H44FN3O6/c1-32(2,40-4)28-17-25-20(19-42-28)14-21(33)15-26(25)29(31(37)38)36-12-10-23(18-36)41-13-6-5-8-22-16-27(39-3)24-9-7-11-34-30(24)35-22/h14-16,23,28-29H,5-13,17-19H2,1-4H3,(H,34,35)(H,37,38)/t23-,28?,29-/m1/s1. The quantitative estimate of drug-likeness (QED) is 0.344. The highest BCUT2D eigenvalue weighted by molar-refractivity contribution is 5.76. The Hall–Kier alpha value is -2.79. The summed E-state index contributed by atoms with van der Waals surface area (Å²) in [5.41, 5.74) is 3.66. The van der Waals surface area contributed by atoms with Crippen LogP contribution >= 0.6 is 0 Å². The van der Waals surface area contributed by atoms with Gasteiger partial charge in [-0.05, 0) is 81.2 Å². The van der Waals surface area contributed by atoms with E-state index in [1.807, 2.05) is 24.8 Å². The van der Waals surface area contributed by atoms with Crippen LogP contribution in [0.3, 0.4) is 0 Å². The number of benzene rings is 1. The number of fused-ring (bicyclic) bond motifs is 2. The minimum Gasteiger partial charge on any atom is -0.496 e. The van der Waals surface area contributed by atoms with Crippen molar-refractivity contribution < 1.29 is 33.2 Å². The van der Waals surface area contributed by atoms with Crippen molar-refractivity contribution in [3.05, 3.63) is 52.0 Å². The number of rotatable bonds is 12. The first-order valence-corrected chi connectivity index (χ1v) is 15.1. The van der Waals surface area contributed by atoms with Gasteiger partial charge in [0.15, 0.2) is 0 Å². The Kier molecular flexibility index (Phi) is 9.67. The molecular weight excluding hydrogens is 541 g/mol. The number of aryl methyl sites for hydroxylation is 1. The molecule has 1 aromatic carbocycles. The molecule has 2 N–H and O–H groups in total. The van der Waals surface area contributed by atoms with Crippen LogP contribution in [0.2, 0.25) is 0 Å². The lowest BCUT2D eigenvalue weighted by molar-refractivity contribution is -0.143. The van der Waals surface area contributed by atoms with Gasteiger partial charge in [-0.15, -0.1) is 0 Å². The second kappa shape index (κ2) is 13.2. The first kappa shape index (κ1) is 30.7. The number of carboxylic acids is 1. The average molecular weight is 586 g/mol. The molecule has 0 radical (unpaired) electrons. The van der Waals surface area contributed by atoms with Crippen LogP contribution in [0.4, 0.5) is 10.2 Å². The number of aromatic nitrogens is 1. The fourth-order valence-corrected chi connectivity index (χ4v) is 6.39. The molecule has 3 atom stereocenters. The Bertz CT molecular complexity index is 1250. The summed E-state index contributed by atoms with van der Waals surface area (Å²) in [6.45, 7) is 6.70. The summed E-state index contributed by atoms with van der Waals surface area (Å²) in [5.74, 6) is 0.412. The van der Waals surface area contributed by atoms with Gasteiger partial charge in [-0.2, -0.15) is 0 Å². The molecule has 4 heterocycles. The minimum absolute atomic E-state index is 0.0640. The van der Waals surface area contributed by atoms with Crippen molar-refractivity contribution >= 4 is 11.8 Å². The lowest BCUT2D eigenvalue weighted by Gasteiger charge is -2.38. The first-order valence-electron chi connectivity index (χ1n) is 15.1. The normalized spacial score (nSPS) is 21.4. The molecule has 5 rings (SSSR count). The number of carboxylic acid groups (broad SMARTS) is 1. The van der Waals surface area contributed by atoms with Gasteiger partial charge < -0.3 is 29.4 Å². The molecule has 0 amide bonds. The van der Waals surface area contributed by atoms with Gasteiger partial charge in [-0.3, -0.25) is 9.69 Å². The molecule has 0 bridgehead atoms. The van der Waals surface area contributed by atoms with Crippen LogP contribution in [-0.4, -0.2) is 79.2 Å². The van der Waals surface area contributed by atoms with Gasteiger partial charge >= 0.3 is 5.97 Å². The zero-order valence-corrected chi connectivity index (χ0v) is 25.2. The number of nitrogens with zero attached hydrogens (tertiary/aromatic N) is 2. The van der Waals surface area contributed by atoms with Crippen molar-refractivity contribution in [3.63, 3.8) is 0 Å². The van der Waals surface area contributed by atoms with Crippen LogP contribution in [0.25, 0.3) is 0 Å². The Morgan fingerprint density at radius 1 is 1.26 bits per heavy atom. The van der Waals surface area contributed by atoms with E-state index in [4.69, 9.17) is 23.9 Å². The van der Waals surface area contributed by atoms with E-state index in [-0.39, 0.29) is 18.8 Å². The molecule has 1 unspecified atom stereocenters. The number of pyridine rings is 1. The zero-order chi connectivity index (χ0) is 29.9. The van der Waals surface area contributed by atoms with Gasteiger partial charge in [0.2, 0.25) is 0 Å². The number of hydrogen-bond acceptors (Lipinski definition) is 8. The molecular formula is C32H44FN3O6. The number of nitrogens with one attached hydrogen (secondary N) is 1. The van der Waals surface area contributed by atoms with E-state index in [1.165, 1.54) is 12.1 Å². The molecule has 230 valence electrons. The molecule has 3 aliphatic rings. The molecule has 0 saturated carbocycles. The van der Waals surface area contributed by atoms with Gasteiger partial charge in [0.1, 0.15) is 23.4 Å². The van der Waals surface area contributed by atoms with E-state index >= 15 is 0 Å². The van der Waals surface area contributed by atoms with Crippen molar-refractivity contribution in [2.75, 3.05) is 45.8 Å². The summed E-state index contributed by atoms with van der Waals surface area (Å²) >= 11 is 0. The van der Waals surface area contributed by atoms with Crippen molar-refractivity contribution in [1.29, 1.82) is 0 Å². The van der Waals surface area contributed by atoms with Crippen molar-refractivity contribution in [2.45, 2.75) is 89.3 Å². The maximum absolute atomic E-state index is 14.7. The number of unbranched alkanes of at least 4 members (excludes halogenated alkanes) is 1. The first-order chi connectivity index (χ1) is 20.2. The maximum Gasteiger partial charge on any atom is 0.325 e. The monoisotopic (exact) mass is 585 g/mol. The Morgan fingerprint density at radius 2 is 2.10 bits per heavy atom. The third kappa shape index (κ3) is 6.72. The number of likely N-dealkylation sites (tertiary alicyclic amines) is 1. The smallest absolute Gasteiger partial charge is 0.325 e. The van der Waals surface area contributed by atoms with Crippen LogP contribution < -0.4 is 10.1 Å².